The third kappa shape index (κ3) is 3.79. The Bertz CT molecular complexity index is 1150. The molecule has 0 N–H and O–H groups in total. The van der Waals surface area contributed by atoms with Crippen LogP contribution >= 0.6 is 11.3 Å². The Morgan fingerprint density at radius 2 is 1.93 bits per heavy atom. The molecule has 1 saturated heterocycles. The Labute approximate surface area is 172 Å². The van der Waals surface area contributed by atoms with Crippen LogP contribution in [0.5, 0.6) is 5.75 Å². The number of sulfone groups is 1. The number of carbonyl (C=O) groups excluding carboxylic acids is 1. The number of anilines is 1. The van der Waals surface area contributed by atoms with Crippen LogP contribution in [-0.2, 0) is 14.6 Å². The molecule has 1 aliphatic heterocycles. The number of para-hydroxylation sites is 1. The molecule has 7 nitrogen and oxygen atoms in total. The fourth-order valence-electron chi connectivity index (χ4n) is 3.06. The summed E-state index contributed by atoms with van der Waals surface area (Å²) in [6.07, 6.45) is -0.226. The summed E-state index contributed by atoms with van der Waals surface area (Å²) in [6.45, 7) is 2.72. The highest BCUT2D eigenvalue weighted by Crippen LogP contribution is 2.36. The number of methoxy groups -OCH3 is 1. The summed E-state index contributed by atoms with van der Waals surface area (Å²) in [5.74, 6) is 0.301. The lowest BCUT2D eigenvalue weighted by Crippen LogP contribution is -2.53. The van der Waals surface area contributed by atoms with Gasteiger partial charge >= 0.3 is 5.97 Å². The molecule has 3 aromatic rings. The van der Waals surface area contributed by atoms with Crippen molar-refractivity contribution in [1.29, 1.82) is 0 Å². The molecule has 0 saturated carbocycles. The van der Waals surface area contributed by atoms with E-state index in [2.05, 4.69) is 9.88 Å². The summed E-state index contributed by atoms with van der Waals surface area (Å²) in [4.78, 5) is 19.2. The van der Waals surface area contributed by atoms with Crippen LogP contribution in [0.4, 0.5) is 5.13 Å². The van der Waals surface area contributed by atoms with Crippen molar-refractivity contribution in [2.24, 2.45) is 0 Å². The van der Waals surface area contributed by atoms with E-state index in [1.165, 1.54) is 24.3 Å². The van der Waals surface area contributed by atoms with Crippen LogP contribution in [0.1, 0.15) is 17.3 Å². The summed E-state index contributed by atoms with van der Waals surface area (Å²) >= 11 is 1.57. The van der Waals surface area contributed by atoms with Crippen LogP contribution in [0, 0.1) is 0 Å². The highest BCUT2D eigenvalue weighted by molar-refractivity contribution is 7.91. The van der Waals surface area contributed by atoms with Crippen molar-refractivity contribution in [2.75, 3.05) is 30.9 Å². The smallest absolute Gasteiger partial charge is 0.338 e. The molecule has 0 aliphatic carbocycles. The molecule has 0 radical (unpaired) electrons. The zero-order chi connectivity index (χ0) is 20.6. The Hall–Kier alpha value is -2.65. The minimum atomic E-state index is -3.28. The van der Waals surface area contributed by atoms with Gasteiger partial charge in [-0.15, -0.1) is 0 Å². The maximum atomic E-state index is 12.3. The van der Waals surface area contributed by atoms with Gasteiger partial charge in [0.25, 0.3) is 0 Å². The first-order valence-corrected chi connectivity index (χ1v) is 11.6. The van der Waals surface area contributed by atoms with Gasteiger partial charge in [0, 0.05) is 0 Å². The summed E-state index contributed by atoms with van der Waals surface area (Å²) in [7, 11) is -1.66. The van der Waals surface area contributed by atoms with Gasteiger partial charge in [-0.2, -0.15) is 0 Å². The number of aromatic nitrogens is 1. The molecule has 1 aromatic heterocycles. The van der Waals surface area contributed by atoms with E-state index in [-0.39, 0.29) is 16.8 Å². The Morgan fingerprint density at radius 3 is 2.59 bits per heavy atom. The highest BCUT2D eigenvalue weighted by Gasteiger charge is 2.32. The molecule has 0 bridgehead atoms. The van der Waals surface area contributed by atoms with Crippen molar-refractivity contribution in [3.63, 3.8) is 0 Å². The van der Waals surface area contributed by atoms with E-state index in [9.17, 15) is 13.2 Å². The zero-order valence-electron chi connectivity index (χ0n) is 16.0. The number of thiazole rings is 1. The van der Waals surface area contributed by atoms with Crippen molar-refractivity contribution >= 4 is 42.5 Å². The number of hydrogen-bond acceptors (Lipinski definition) is 8. The Kier molecular flexibility index (Phi) is 5.18. The average Bonchev–Trinajstić information content (AvgIpc) is 3.13. The van der Waals surface area contributed by atoms with Gasteiger partial charge in [0.1, 0.15) is 17.4 Å². The van der Waals surface area contributed by atoms with E-state index < -0.39 is 15.8 Å². The molecule has 29 heavy (non-hydrogen) atoms. The predicted octanol–water partition coefficient (Wildman–Crippen LogP) is 3.14. The SMILES string of the molecule is CCS(=O)(=O)c1ccc(C(=O)OC2CN(c3nc4c(OC)cccc4s3)C2)cc1. The zero-order valence-corrected chi connectivity index (χ0v) is 17.6. The molecule has 1 aliphatic rings. The molecule has 1 fully saturated rings. The molecule has 4 rings (SSSR count). The van der Waals surface area contributed by atoms with Crippen LogP contribution in [0.25, 0.3) is 10.2 Å². The van der Waals surface area contributed by atoms with E-state index in [4.69, 9.17) is 9.47 Å². The first-order valence-electron chi connectivity index (χ1n) is 9.13. The lowest BCUT2D eigenvalue weighted by atomic mass is 10.2. The monoisotopic (exact) mass is 432 g/mol. The van der Waals surface area contributed by atoms with Gasteiger partial charge in [0.15, 0.2) is 15.0 Å². The second-order valence-electron chi connectivity index (χ2n) is 6.66. The lowest BCUT2D eigenvalue weighted by Gasteiger charge is -2.38. The standard InChI is InChI=1S/C20H20N2O5S2/c1-3-29(24,25)15-9-7-13(8-10-15)19(23)27-14-11-22(12-14)20-21-18-16(26-2)5-4-6-17(18)28-20/h4-10,14H,3,11-12H2,1-2H3. The molecule has 0 atom stereocenters. The second-order valence-corrected chi connectivity index (χ2v) is 9.95. The van der Waals surface area contributed by atoms with Gasteiger partial charge in [-0.1, -0.05) is 24.3 Å². The minimum absolute atomic E-state index is 0.0202. The number of ether oxygens (including phenoxy) is 2. The normalized spacial score (nSPS) is 14.6. The molecule has 2 heterocycles. The number of rotatable bonds is 6. The molecule has 9 heteroatoms. The van der Waals surface area contributed by atoms with Crippen LogP contribution in [0.3, 0.4) is 0 Å². The summed E-state index contributed by atoms with van der Waals surface area (Å²) < 4.78 is 35.6. The summed E-state index contributed by atoms with van der Waals surface area (Å²) in [5, 5.41) is 0.867. The number of carbonyl (C=O) groups is 1. The van der Waals surface area contributed by atoms with Crippen molar-refractivity contribution in [3.05, 3.63) is 48.0 Å². The number of hydrogen-bond donors (Lipinski definition) is 0. The van der Waals surface area contributed by atoms with Gasteiger partial charge in [-0.05, 0) is 36.4 Å². The van der Waals surface area contributed by atoms with E-state index in [0.29, 0.717) is 18.7 Å². The first kappa shape index (κ1) is 19.7. The molecular weight excluding hydrogens is 412 g/mol. The van der Waals surface area contributed by atoms with Crippen molar-refractivity contribution < 1.29 is 22.7 Å². The van der Waals surface area contributed by atoms with Gasteiger partial charge in [0.2, 0.25) is 0 Å². The first-order chi connectivity index (χ1) is 13.9. The summed E-state index contributed by atoms with van der Waals surface area (Å²) in [6, 6.07) is 11.7. The third-order valence-corrected chi connectivity index (χ3v) is 7.64. The molecule has 0 spiro atoms. The third-order valence-electron chi connectivity index (χ3n) is 4.81. The largest absolute Gasteiger partial charge is 0.494 e. The molecular formula is C20H20N2O5S2. The van der Waals surface area contributed by atoms with Gasteiger partial charge in [-0.25, -0.2) is 18.2 Å². The van der Waals surface area contributed by atoms with Crippen LogP contribution in [-0.4, -0.2) is 51.4 Å². The van der Waals surface area contributed by atoms with Crippen molar-refractivity contribution in [2.45, 2.75) is 17.9 Å². The topological polar surface area (TPSA) is 85.8 Å². The summed E-state index contributed by atoms with van der Waals surface area (Å²) in [5.41, 5.74) is 1.17. The Morgan fingerprint density at radius 1 is 1.21 bits per heavy atom. The minimum Gasteiger partial charge on any atom is -0.494 e. The van der Waals surface area contributed by atoms with Crippen LogP contribution < -0.4 is 9.64 Å². The molecule has 0 amide bonds. The highest BCUT2D eigenvalue weighted by atomic mass is 32.2. The Balaban J connectivity index is 1.38. The fourth-order valence-corrected chi connectivity index (χ4v) is 4.95. The maximum absolute atomic E-state index is 12.3. The second kappa shape index (κ2) is 7.64. The van der Waals surface area contributed by atoms with Gasteiger partial charge in [-0.3, -0.25) is 0 Å². The lowest BCUT2D eigenvalue weighted by molar-refractivity contribution is 0.0234. The van der Waals surface area contributed by atoms with Crippen molar-refractivity contribution in [3.8, 4) is 5.75 Å². The number of esters is 1. The maximum Gasteiger partial charge on any atom is 0.338 e. The number of nitrogens with zero attached hydrogens (tertiary/aromatic N) is 2. The number of fused-ring (bicyclic) bond motifs is 1. The fraction of sp³-hybridized carbons (Fsp3) is 0.300. The van der Waals surface area contributed by atoms with E-state index in [1.54, 1.807) is 25.4 Å². The number of benzene rings is 2. The van der Waals surface area contributed by atoms with Crippen molar-refractivity contribution in [1.82, 2.24) is 4.98 Å². The molecule has 152 valence electrons. The quantitative estimate of drug-likeness (QED) is 0.553. The predicted molar refractivity (Wildman–Crippen MR) is 112 cm³/mol. The average molecular weight is 433 g/mol. The van der Waals surface area contributed by atoms with E-state index in [1.807, 2.05) is 18.2 Å². The van der Waals surface area contributed by atoms with Gasteiger partial charge < -0.3 is 14.4 Å². The van der Waals surface area contributed by atoms with E-state index >= 15 is 0 Å². The van der Waals surface area contributed by atoms with Crippen LogP contribution in [0.2, 0.25) is 0 Å². The van der Waals surface area contributed by atoms with Crippen LogP contribution in [0.15, 0.2) is 47.4 Å². The molecule has 0 unspecified atom stereocenters. The molecule has 2 aromatic carbocycles. The van der Waals surface area contributed by atoms with Gasteiger partial charge in [0.05, 0.1) is 41.1 Å². The van der Waals surface area contributed by atoms with E-state index in [0.717, 1.165) is 21.1 Å².